The van der Waals surface area contributed by atoms with E-state index in [2.05, 4.69) is 33.5 Å². The fourth-order valence-corrected chi connectivity index (χ4v) is 3.00. The van der Waals surface area contributed by atoms with Crippen LogP contribution in [0, 0.1) is 0 Å². The molecule has 0 aliphatic carbocycles. The second-order valence-electron chi connectivity index (χ2n) is 4.83. The lowest BCUT2D eigenvalue weighted by Gasteiger charge is -2.20. The van der Waals surface area contributed by atoms with E-state index in [1.54, 1.807) is 11.3 Å². The summed E-state index contributed by atoms with van der Waals surface area (Å²) in [6.45, 7) is 4.84. The van der Waals surface area contributed by atoms with Gasteiger partial charge in [-0.1, -0.05) is 25.1 Å². The molecule has 0 saturated heterocycles. The zero-order valence-corrected chi connectivity index (χ0v) is 12.3. The van der Waals surface area contributed by atoms with E-state index in [0.717, 1.165) is 36.0 Å². The maximum absolute atomic E-state index is 6.02. The van der Waals surface area contributed by atoms with Crippen molar-refractivity contribution in [3.63, 3.8) is 0 Å². The van der Waals surface area contributed by atoms with Crippen molar-refractivity contribution in [2.24, 2.45) is 0 Å². The van der Waals surface area contributed by atoms with Gasteiger partial charge in [-0.3, -0.25) is 9.30 Å². The Labute approximate surface area is 122 Å². The van der Waals surface area contributed by atoms with Crippen LogP contribution in [-0.4, -0.2) is 20.8 Å². The number of benzene rings is 1. The van der Waals surface area contributed by atoms with Gasteiger partial charge in [-0.05, 0) is 18.2 Å². The molecule has 0 fully saturated rings. The molecule has 0 aliphatic rings. The number of hydrogen-bond donors (Lipinski definition) is 1. The highest BCUT2D eigenvalue weighted by Crippen LogP contribution is 2.16. The second kappa shape index (κ2) is 5.64. The Bertz CT molecular complexity index is 672. The van der Waals surface area contributed by atoms with Crippen molar-refractivity contribution >= 4 is 22.0 Å². The molecule has 1 aromatic carbocycles. The Morgan fingerprint density at radius 2 is 2.15 bits per heavy atom. The van der Waals surface area contributed by atoms with Gasteiger partial charge < -0.3 is 5.73 Å². The normalized spacial score (nSPS) is 11.5. The van der Waals surface area contributed by atoms with Gasteiger partial charge in [0.1, 0.15) is 0 Å². The highest BCUT2D eigenvalue weighted by molar-refractivity contribution is 7.15. The standard InChI is InChI=1S/C15H18N4S/c1-2-18(9-12-5-3-4-6-14(12)16)10-13-11-19-7-8-20-15(19)17-13/h3-8,11H,2,9-10,16H2,1H3. The summed E-state index contributed by atoms with van der Waals surface area (Å²) in [6, 6.07) is 8.05. The maximum Gasteiger partial charge on any atom is 0.193 e. The molecule has 5 heteroatoms. The average Bonchev–Trinajstić information content (AvgIpc) is 3.01. The lowest BCUT2D eigenvalue weighted by Crippen LogP contribution is -2.23. The van der Waals surface area contributed by atoms with Crippen LogP contribution in [0.1, 0.15) is 18.2 Å². The Hall–Kier alpha value is -1.85. The monoisotopic (exact) mass is 286 g/mol. The number of anilines is 1. The minimum absolute atomic E-state index is 0.846. The van der Waals surface area contributed by atoms with Crippen LogP contribution in [0.2, 0.25) is 0 Å². The molecule has 0 aliphatic heterocycles. The van der Waals surface area contributed by atoms with E-state index < -0.39 is 0 Å². The van der Waals surface area contributed by atoms with Crippen LogP contribution < -0.4 is 5.73 Å². The number of hydrogen-bond acceptors (Lipinski definition) is 4. The minimum atomic E-state index is 0.846. The van der Waals surface area contributed by atoms with E-state index in [0.29, 0.717) is 0 Å². The van der Waals surface area contributed by atoms with Crippen molar-refractivity contribution < 1.29 is 0 Å². The van der Waals surface area contributed by atoms with Gasteiger partial charge in [-0.25, -0.2) is 4.98 Å². The Balaban J connectivity index is 1.74. The molecule has 2 N–H and O–H groups in total. The summed E-state index contributed by atoms with van der Waals surface area (Å²) in [5.41, 5.74) is 9.16. The van der Waals surface area contributed by atoms with Gasteiger partial charge in [0.15, 0.2) is 4.96 Å². The van der Waals surface area contributed by atoms with Gasteiger partial charge in [0.05, 0.1) is 5.69 Å². The van der Waals surface area contributed by atoms with Gasteiger partial charge in [0.25, 0.3) is 0 Å². The van der Waals surface area contributed by atoms with Crippen LogP contribution in [-0.2, 0) is 13.1 Å². The Kier molecular flexibility index (Phi) is 3.71. The van der Waals surface area contributed by atoms with Gasteiger partial charge >= 0.3 is 0 Å². The van der Waals surface area contributed by atoms with Crippen molar-refractivity contribution in [1.29, 1.82) is 0 Å². The zero-order chi connectivity index (χ0) is 13.9. The summed E-state index contributed by atoms with van der Waals surface area (Å²) in [5, 5.41) is 2.05. The lowest BCUT2D eigenvalue weighted by molar-refractivity contribution is 0.269. The molecule has 3 aromatic rings. The molecular formula is C15H18N4S. The molecule has 0 amide bonds. The van der Waals surface area contributed by atoms with E-state index in [-0.39, 0.29) is 0 Å². The van der Waals surface area contributed by atoms with Crippen molar-refractivity contribution in [1.82, 2.24) is 14.3 Å². The molecule has 0 saturated carbocycles. The fraction of sp³-hybridized carbons (Fsp3) is 0.267. The van der Waals surface area contributed by atoms with Crippen molar-refractivity contribution in [2.75, 3.05) is 12.3 Å². The van der Waals surface area contributed by atoms with E-state index in [1.165, 1.54) is 5.56 Å². The SMILES string of the molecule is CCN(Cc1cn2ccsc2n1)Cc1ccccc1N. The molecule has 0 unspecified atom stereocenters. The summed E-state index contributed by atoms with van der Waals surface area (Å²) >= 11 is 1.66. The first kappa shape index (κ1) is 13.1. The number of fused-ring (bicyclic) bond motifs is 1. The van der Waals surface area contributed by atoms with Crippen LogP contribution in [0.4, 0.5) is 5.69 Å². The average molecular weight is 286 g/mol. The number of nitrogens with two attached hydrogens (primary N) is 1. The van der Waals surface area contributed by atoms with Crippen molar-refractivity contribution in [3.05, 3.63) is 53.3 Å². The quantitative estimate of drug-likeness (QED) is 0.733. The first-order valence-electron chi connectivity index (χ1n) is 6.73. The smallest absolute Gasteiger partial charge is 0.193 e. The van der Waals surface area contributed by atoms with Crippen LogP contribution in [0.25, 0.3) is 4.96 Å². The molecule has 2 aromatic heterocycles. The number of rotatable bonds is 5. The van der Waals surface area contributed by atoms with E-state index >= 15 is 0 Å². The number of para-hydroxylation sites is 1. The van der Waals surface area contributed by atoms with Crippen LogP contribution in [0.3, 0.4) is 0 Å². The lowest BCUT2D eigenvalue weighted by atomic mass is 10.1. The molecule has 0 radical (unpaired) electrons. The van der Waals surface area contributed by atoms with E-state index in [1.807, 2.05) is 29.8 Å². The largest absolute Gasteiger partial charge is 0.398 e. The second-order valence-corrected chi connectivity index (χ2v) is 5.70. The predicted molar refractivity (Wildman–Crippen MR) is 83.7 cm³/mol. The third-order valence-electron chi connectivity index (χ3n) is 3.43. The molecule has 3 rings (SSSR count). The first-order chi connectivity index (χ1) is 9.76. The highest BCUT2D eigenvalue weighted by Gasteiger charge is 2.10. The van der Waals surface area contributed by atoms with Gasteiger partial charge in [0.2, 0.25) is 0 Å². The molecule has 0 spiro atoms. The summed E-state index contributed by atoms with van der Waals surface area (Å²) in [7, 11) is 0. The Morgan fingerprint density at radius 3 is 2.90 bits per heavy atom. The molecule has 0 atom stereocenters. The summed E-state index contributed by atoms with van der Waals surface area (Å²) in [6.07, 6.45) is 4.14. The fourth-order valence-electron chi connectivity index (χ4n) is 2.28. The van der Waals surface area contributed by atoms with E-state index in [9.17, 15) is 0 Å². The number of nitrogens with zero attached hydrogens (tertiary/aromatic N) is 3. The van der Waals surface area contributed by atoms with Crippen molar-refractivity contribution in [3.8, 4) is 0 Å². The van der Waals surface area contributed by atoms with Crippen LogP contribution in [0.15, 0.2) is 42.0 Å². The van der Waals surface area contributed by atoms with Crippen LogP contribution in [0.5, 0.6) is 0 Å². The first-order valence-corrected chi connectivity index (χ1v) is 7.61. The molecule has 104 valence electrons. The molecule has 20 heavy (non-hydrogen) atoms. The molecule has 2 heterocycles. The third kappa shape index (κ3) is 2.69. The summed E-state index contributed by atoms with van der Waals surface area (Å²) < 4.78 is 2.07. The highest BCUT2D eigenvalue weighted by atomic mass is 32.1. The number of imidazole rings is 1. The molecular weight excluding hydrogens is 268 g/mol. The van der Waals surface area contributed by atoms with Crippen LogP contribution >= 0.6 is 11.3 Å². The number of thiazole rings is 1. The summed E-state index contributed by atoms with van der Waals surface area (Å²) in [4.78, 5) is 8.03. The van der Waals surface area contributed by atoms with Crippen molar-refractivity contribution in [2.45, 2.75) is 20.0 Å². The third-order valence-corrected chi connectivity index (χ3v) is 4.20. The van der Waals surface area contributed by atoms with Gasteiger partial charge in [0, 0.05) is 36.6 Å². The number of nitrogen functional groups attached to an aromatic ring is 1. The number of aromatic nitrogens is 2. The predicted octanol–water partition coefficient (Wildman–Crippen LogP) is 3.00. The zero-order valence-electron chi connectivity index (χ0n) is 11.5. The maximum atomic E-state index is 6.02. The molecule has 0 bridgehead atoms. The topological polar surface area (TPSA) is 46.6 Å². The molecule has 4 nitrogen and oxygen atoms in total. The minimum Gasteiger partial charge on any atom is -0.398 e. The van der Waals surface area contributed by atoms with E-state index in [4.69, 9.17) is 5.73 Å². The summed E-state index contributed by atoms with van der Waals surface area (Å²) in [5.74, 6) is 0. The Morgan fingerprint density at radius 1 is 1.30 bits per heavy atom. The van der Waals surface area contributed by atoms with Gasteiger partial charge in [-0.15, -0.1) is 11.3 Å². The van der Waals surface area contributed by atoms with Gasteiger partial charge in [-0.2, -0.15) is 0 Å².